The average molecular weight is 208 g/mol. The van der Waals surface area contributed by atoms with Crippen LogP contribution in [0, 0.1) is 11.3 Å². The molecule has 1 unspecified atom stereocenters. The van der Waals surface area contributed by atoms with Crippen LogP contribution in [-0.4, -0.2) is 19.6 Å². The molecule has 0 bridgehead atoms. The van der Waals surface area contributed by atoms with Crippen LogP contribution in [0.2, 0.25) is 5.02 Å². The topological polar surface area (TPSA) is 66.9 Å². The minimum absolute atomic E-state index is 0.338. The lowest BCUT2D eigenvalue weighted by Crippen LogP contribution is -1.93. The Morgan fingerprint density at radius 3 is 3.14 bits per heavy atom. The zero-order chi connectivity index (χ0) is 10.1. The first-order valence-electron chi connectivity index (χ1n) is 3.98. The van der Waals surface area contributed by atoms with Gasteiger partial charge in [-0.1, -0.05) is 11.6 Å². The molecule has 1 atom stereocenters. The molecule has 2 rings (SSSR count). The zero-order valence-corrected chi connectivity index (χ0v) is 8.10. The summed E-state index contributed by atoms with van der Waals surface area (Å²) in [5, 5.41) is 13.2. The van der Waals surface area contributed by atoms with Crippen LogP contribution in [-0.2, 0) is 0 Å². The van der Waals surface area contributed by atoms with Gasteiger partial charge in [0.2, 0.25) is 0 Å². The molecule has 0 aliphatic rings. The van der Waals surface area contributed by atoms with Crippen molar-refractivity contribution in [1.82, 2.24) is 19.6 Å². The van der Waals surface area contributed by atoms with Gasteiger partial charge < -0.3 is 0 Å². The van der Waals surface area contributed by atoms with Gasteiger partial charge in [-0.05, 0) is 6.92 Å². The molecule has 2 aromatic heterocycles. The van der Waals surface area contributed by atoms with Crippen LogP contribution in [0.25, 0.3) is 5.78 Å². The van der Waals surface area contributed by atoms with Crippen molar-refractivity contribution < 1.29 is 0 Å². The van der Waals surface area contributed by atoms with Gasteiger partial charge in [0, 0.05) is 0 Å². The standard InChI is InChI=1S/C8H6ClN5/c1-5(2-10)7-12-8-11-3-6(9)4-14(8)13-7/h3-5H,1H3. The molecule has 14 heavy (non-hydrogen) atoms. The van der Waals surface area contributed by atoms with Crippen LogP contribution >= 0.6 is 11.6 Å². The summed E-state index contributed by atoms with van der Waals surface area (Å²) in [7, 11) is 0. The second kappa shape index (κ2) is 3.24. The molecule has 70 valence electrons. The fourth-order valence-electron chi connectivity index (χ4n) is 1.02. The van der Waals surface area contributed by atoms with Gasteiger partial charge in [0.15, 0.2) is 5.82 Å². The number of hydrogen-bond acceptors (Lipinski definition) is 4. The predicted molar refractivity (Wildman–Crippen MR) is 49.8 cm³/mol. The summed E-state index contributed by atoms with van der Waals surface area (Å²) in [5.41, 5.74) is 0. The third-order valence-corrected chi connectivity index (χ3v) is 1.95. The van der Waals surface area contributed by atoms with Crippen molar-refractivity contribution in [2.45, 2.75) is 12.8 Å². The molecule has 0 aromatic carbocycles. The summed E-state index contributed by atoms with van der Waals surface area (Å²) in [6, 6.07) is 2.06. The smallest absolute Gasteiger partial charge is 0.218 e. The van der Waals surface area contributed by atoms with E-state index in [1.165, 1.54) is 10.7 Å². The van der Waals surface area contributed by atoms with E-state index in [0.717, 1.165) is 0 Å². The molecule has 6 heteroatoms. The molecule has 0 amide bonds. The number of aromatic nitrogens is 4. The van der Waals surface area contributed by atoms with Crippen molar-refractivity contribution in [3.8, 4) is 6.07 Å². The fourth-order valence-corrected chi connectivity index (χ4v) is 1.16. The molecule has 0 saturated carbocycles. The van der Waals surface area contributed by atoms with Crippen LogP contribution in [0.1, 0.15) is 18.7 Å². The highest BCUT2D eigenvalue weighted by molar-refractivity contribution is 6.30. The lowest BCUT2D eigenvalue weighted by atomic mass is 10.2. The summed E-state index contributed by atoms with van der Waals surface area (Å²) < 4.78 is 1.46. The van der Waals surface area contributed by atoms with Gasteiger partial charge in [-0.2, -0.15) is 10.2 Å². The maximum Gasteiger partial charge on any atom is 0.252 e. The van der Waals surface area contributed by atoms with Crippen LogP contribution in [0.5, 0.6) is 0 Å². The Labute approximate surface area is 85.0 Å². The fraction of sp³-hybridized carbons (Fsp3) is 0.250. The minimum atomic E-state index is -0.338. The highest BCUT2D eigenvalue weighted by atomic mass is 35.5. The summed E-state index contributed by atoms with van der Waals surface area (Å²) in [4.78, 5) is 8.05. The van der Waals surface area contributed by atoms with Crippen LogP contribution < -0.4 is 0 Å². The molecule has 0 spiro atoms. The van der Waals surface area contributed by atoms with E-state index >= 15 is 0 Å². The van der Waals surface area contributed by atoms with Crippen molar-refractivity contribution in [2.75, 3.05) is 0 Å². The van der Waals surface area contributed by atoms with Crippen LogP contribution in [0.3, 0.4) is 0 Å². The van der Waals surface area contributed by atoms with Crippen molar-refractivity contribution in [2.24, 2.45) is 0 Å². The third-order valence-electron chi connectivity index (χ3n) is 1.76. The molecule has 0 aliphatic heterocycles. The minimum Gasteiger partial charge on any atom is -0.218 e. The van der Waals surface area contributed by atoms with Gasteiger partial charge in [0.1, 0.15) is 5.92 Å². The number of hydrogen-bond donors (Lipinski definition) is 0. The number of fused-ring (bicyclic) bond motifs is 1. The van der Waals surface area contributed by atoms with E-state index < -0.39 is 0 Å². The van der Waals surface area contributed by atoms with E-state index in [9.17, 15) is 0 Å². The highest BCUT2D eigenvalue weighted by Gasteiger charge is 2.11. The third kappa shape index (κ3) is 1.40. The molecular weight excluding hydrogens is 202 g/mol. The lowest BCUT2D eigenvalue weighted by Gasteiger charge is -1.90. The second-order valence-electron chi connectivity index (χ2n) is 2.84. The molecule has 2 aromatic rings. The number of rotatable bonds is 1. The zero-order valence-electron chi connectivity index (χ0n) is 7.35. The predicted octanol–water partition coefficient (Wildman–Crippen LogP) is 1.40. The quantitative estimate of drug-likeness (QED) is 0.709. The van der Waals surface area contributed by atoms with E-state index in [0.29, 0.717) is 16.6 Å². The summed E-state index contributed by atoms with van der Waals surface area (Å²) >= 11 is 5.73. The largest absolute Gasteiger partial charge is 0.252 e. The molecule has 0 N–H and O–H groups in total. The molecule has 2 heterocycles. The van der Waals surface area contributed by atoms with Gasteiger partial charge in [-0.25, -0.2) is 9.50 Å². The molecule has 5 nitrogen and oxygen atoms in total. The first-order valence-corrected chi connectivity index (χ1v) is 4.36. The van der Waals surface area contributed by atoms with E-state index in [1.807, 2.05) is 0 Å². The highest BCUT2D eigenvalue weighted by Crippen LogP contribution is 2.11. The van der Waals surface area contributed by atoms with E-state index in [2.05, 4.69) is 21.1 Å². The van der Waals surface area contributed by atoms with Crippen LogP contribution in [0.15, 0.2) is 12.4 Å². The Morgan fingerprint density at radius 2 is 2.43 bits per heavy atom. The van der Waals surface area contributed by atoms with E-state index in [-0.39, 0.29) is 5.92 Å². The molecule has 0 radical (unpaired) electrons. The Morgan fingerprint density at radius 1 is 1.64 bits per heavy atom. The van der Waals surface area contributed by atoms with Gasteiger partial charge >= 0.3 is 0 Å². The Kier molecular flexibility index (Phi) is 2.06. The Balaban J connectivity index is 2.58. The van der Waals surface area contributed by atoms with Crippen molar-refractivity contribution in [3.05, 3.63) is 23.2 Å². The van der Waals surface area contributed by atoms with Crippen molar-refractivity contribution in [3.63, 3.8) is 0 Å². The lowest BCUT2D eigenvalue weighted by molar-refractivity contribution is 0.829. The molecule has 0 fully saturated rings. The first kappa shape index (κ1) is 8.91. The van der Waals surface area contributed by atoms with Crippen LogP contribution in [0.4, 0.5) is 0 Å². The molecule has 0 aliphatic carbocycles. The monoisotopic (exact) mass is 207 g/mol. The van der Waals surface area contributed by atoms with Gasteiger partial charge in [-0.15, -0.1) is 5.10 Å². The van der Waals surface area contributed by atoms with Crippen molar-refractivity contribution in [1.29, 1.82) is 5.26 Å². The van der Waals surface area contributed by atoms with Gasteiger partial charge in [0.25, 0.3) is 5.78 Å². The summed E-state index contributed by atoms with van der Waals surface area (Å²) in [6.45, 7) is 1.73. The van der Waals surface area contributed by atoms with E-state index in [1.54, 1.807) is 13.1 Å². The summed E-state index contributed by atoms with van der Waals surface area (Å²) in [5.74, 6) is 0.573. The van der Waals surface area contributed by atoms with Crippen molar-refractivity contribution >= 4 is 17.4 Å². The Bertz CT molecular complexity index is 512. The Hall–Kier alpha value is -1.67. The maximum atomic E-state index is 8.68. The normalized spacial score (nSPS) is 12.6. The van der Waals surface area contributed by atoms with Gasteiger partial charge in [0.05, 0.1) is 23.5 Å². The second-order valence-corrected chi connectivity index (χ2v) is 3.27. The number of nitriles is 1. The SMILES string of the molecule is CC(C#N)c1nc2ncc(Cl)cn2n1. The summed E-state index contributed by atoms with van der Waals surface area (Å²) in [6.07, 6.45) is 3.09. The van der Waals surface area contributed by atoms with E-state index in [4.69, 9.17) is 16.9 Å². The maximum absolute atomic E-state index is 8.68. The number of nitrogens with zero attached hydrogens (tertiary/aromatic N) is 5. The van der Waals surface area contributed by atoms with Gasteiger partial charge in [-0.3, -0.25) is 0 Å². The average Bonchev–Trinajstić information content (AvgIpc) is 2.59. The first-order chi connectivity index (χ1) is 6.70. The molecular formula is C8H6ClN5. The number of halogens is 1. The molecule has 0 saturated heterocycles.